The molecule has 0 saturated carbocycles. The molecule has 0 aliphatic rings. The lowest BCUT2D eigenvalue weighted by atomic mass is 9.94. The van der Waals surface area contributed by atoms with Crippen LogP contribution in [-0.4, -0.2) is 37.2 Å². The van der Waals surface area contributed by atoms with Gasteiger partial charge in [-0.1, -0.05) is 19.6 Å². The summed E-state index contributed by atoms with van der Waals surface area (Å²) in [5.74, 6) is -3.80. The number of likely N-dealkylation sites (N-methyl/N-ethyl adjacent to an activating group) is 1. The molecule has 0 bridgehead atoms. The van der Waals surface area contributed by atoms with E-state index in [4.69, 9.17) is 10.5 Å². The SMILES string of the molecule is C=C/C=C(\C)N=C(N)O[C@H](C)CN(C)C[C@H](C)c1cc(C(C)(F)F)cc(C(F)(F)F)c1. The molecule has 0 aliphatic carbocycles. The number of ether oxygens (including phenoxy) is 1. The van der Waals surface area contributed by atoms with E-state index in [-0.39, 0.29) is 17.7 Å². The van der Waals surface area contributed by atoms with Gasteiger partial charge in [-0.05, 0) is 56.7 Å². The van der Waals surface area contributed by atoms with Crippen molar-refractivity contribution in [2.24, 2.45) is 10.7 Å². The number of halogens is 5. The van der Waals surface area contributed by atoms with Crippen LogP contribution in [0, 0.1) is 0 Å². The number of alkyl halides is 5. The Labute approximate surface area is 180 Å². The van der Waals surface area contributed by atoms with Gasteiger partial charge >= 0.3 is 6.18 Å². The number of rotatable bonds is 9. The molecule has 1 aromatic carbocycles. The van der Waals surface area contributed by atoms with Crippen molar-refractivity contribution in [3.63, 3.8) is 0 Å². The average Bonchev–Trinajstić information content (AvgIpc) is 2.59. The average molecular weight is 447 g/mol. The van der Waals surface area contributed by atoms with Crippen molar-refractivity contribution in [2.75, 3.05) is 20.1 Å². The van der Waals surface area contributed by atoms with Gasteiger partial charge in [0.15, 0.2) is 0 Å². The lowest BCUT2D eigenvalue weighted by Gasteiger charge is -2.26. The van der Waals surface area contributed by atoms with Gasteiger partial charge in [0.25, 0.3) is 11.9 Å². The summed E-state index contributed by atoms with van der Waals surface area (Å²) in [5.41, 5.74) is 4.82. The normalized spacial score (nSPS) is 15.7. The van der Waals surface area contributed by atoms with E-state index in [1.165, 1.54) is 0 Å². The zero-order valence-electron chi connectivity index (χ0n) is 18.4. The first-order chi connectivity index (χ1) is 14.1. The summed E-state index contributed by atoms with van der Waals surface area (Å²) in [6.45, 7) is 10.1. The van der Waals surface area contributed by atoms with Crippen molar-refractivity contribution < 1.29 is 26.7 Å². The number of hydrogen-bond acceptors (Lipinski definition) is 3. The lowest BCUT2D eigenvalue weighted by Crippen LogP contribution is -2.34. The van der Waals surface area contributed by atoms with Gasteiger partial charge in [0.2, 0.25) is 0 Å². The molecule has 9 heteroatoms. The summed E-state index contributed by atoms with van der Waals surface area (Å²) in [6, 6.07) is 2.54. The largest absolute Gasteiger partial charge is 0.461 e. The van der Waals surface area contributed by atoms with Gasteiger partial charge in [-0.25, -0.2) is 13.8 Å². The fraction of sp³-hybridized carbons (Fsp3) is 0.500. The molecule has 0 radical (unpaired) electrons. The third kappa shape index (κ3) is 9.08. The fourth-order valence-electron chi connectivity index (χ4n) is 3.09. The Morgan fingerprint density at radius 3 is 2.26 bits per heavy atom. The van der Waals surface area contributed by atoms with Crippen molar-refractivity contribution in [1.82, 2.24) is 4.90 Å². The van der Waals surface area contributed by atoms with E-state index in [1.54, 1.807) is 40.0 Å². The number of aliphatic imine (C=N–C) groups is 1. The third-order valence-electron chi connectivity index (χ3n) is 4.48. The topological polar surface area (TPSA) is 50.9 Å². The Balaban J connectivity index is 2.89. The molecule has 174 valence electrons. The van der Waals surface area contributed by atoms with E-state index in [2.05, 4.69) is 11.6 Å². The van der Waals surface area contributed by atoms with Gasteiger partial charge in [0.05, 0.1) is 5.56 Å². The van der Waals surface area contributed by atoms with Crippen LogP contribution in [0.1, 0.15) is 50.3 Å². The summed E-state index contributed by atoms with van der Waals surface area (Å²) in [5, 5.41) is 0. The molecule has 1 aromatic rings. The Morgan fingerprint density at radius 2 is 1.74 bits per heavy atom. The molecule has 31 heavy (non-hydrogen) atoms. The van der Waals surface area contributed by atoms with Gasteiger partial charge < -0.3 is 15.4 Å². The summed E-state index contributed by atoms with van der Waals surface area (Å²) in [4.78, 5) is 5.89. The second-order valence-electron chi connectivity index (χ2n) is 7.77. The number of hydrogen-bond donors (Lipinski definition) is 1. The summed E-state index contributed by atoms with van der Waals surface area (Å²) >= 11 is 0. The quantitative estimate of drug-likeness (QED) is 0.230. The van der Waals surface area contributed by atoms with Crippen LogP contribution in [0.3, 0.4) is 0 Å². The number of nitrogens with two attached hydrogens (primary N) is 1. The van der Waals surface area contributed by atoms with Crippen LogP contribution in [0.5, 0.6) is 0 Å². The first kappa shape index (κ1) is 26.6. The molecule has 0 saturated heterocycles. The highest BCUT2D eigenvalue weighted by atomic mass is 19.4. The zero-order chi connectivity index (χ0) is 24.0. The second-order valence-corrected chi connectivity index (χ2v) is 7.77. The summed E-state index contributed by atoms with van der Waals surface area (Å²) in [6.07, 6.45) is -1.83. The predicted octanol–water partition coefficient (Wildman–Crippen LogP) is 5.66. The highest BCUT2D eigenvalue weighted by Crippen LogP contribution is 2.37. The molecule has 0 fully saturated rings. The van der Waals surface area contributed by atoms with E-state index in [9.17, 15) is 22.0 Å². The van der Waals surface area contributed by atoms with Crippen LogP contribution in [0.25, 0.3) is 0 Å². The van der Waals surface area contributed by atoms with E-state index in [0.717, 1.165) is 12.1 Å². The maximum Gasteiger partial charge on any atom is 0.416 e. The molecule has 2 atom stereocenters. The molecule has 2 N–H and O–H groups in total. The van der Waals surface area contributed by atoms with Crippen molar-refractivity contribution in [3.05, 3.63) is 59.3 Å². The number of benzene rings is 1. The Kier molecular flexibility index (Phi) is 9.23. The Bertz CT molecular complexity index is 780. The molecular weight excluding hydrogens is 417 g/mol. The van der Waals surface area contributed by atoms with E-state index >= 15 is 0 Å². The van der Waals surface area contributed by atoms with Gasteiger partial charge in [0, 0.05) is 31.3 Å². The van der Waals surface area contributed by atoms with Crippen molar-refractivity contribution in [1.29, 1.82) is 0 Å². The summed E-state index contributed by atoms with van der Waals surface area (Å²) in [7, 11) is 1.76. The van der Waals surface area contributed by atoms with Crippen LogP contribution in [-0.2, 0) is 16.8 Å². The van der Waals surface area contributed by atoms with Gasteiger partial charge in [-0.3, -0.25) is 0 Å². The number of amidine groups is 1. The van der Waals surface area contributed by atoms with Gasteiger partial charge in [0.1, 0.15) is 6.10 Å². The molecule has 0 heterocycles. The van der Waals surface area contributed by atoms with Crippen LogP contribution >= 0.6 is 0 Å². The monoisotopic (exact) mass is 447 g/mol. The molecule has 0 aromatic heterocycles. The first-order valence-electron chi connectivity index (χ1n) is 9.72. The standard InChI is InChI=1S/C22H30F5N3O/c1-7-8-15(3)29-20(28)31-16(4)13-30(6)12-14(2)17-9-18(21(5,23)24)11-19(10-17)22(25,26)27/h7-11,14,16H,1,12-13H2,2-6H3,(H2,28,29)/b15-8+/t14-,16+/m0/s1. The molecule has 1 rings (SSSR count). The van der Waals surface area contributed by atoms with Crippen LogP contribution in [0.2, 0.25) is 0 Å². The van der Waals surface area contributed by atoms with Crippen molar-refractivity contribution in [3.8, 4) is 0 Å². The van der Waals surface area contributed by atoms with E-state index in [0.29, 0.717) is 31.8 Å². The smallest absolute Gasteiger partial charge is 0.416 e. The number of nitrogens with zero attached hydrogens (tertiary/aromatic N) is 2. The fourth-order valence-corrected chi connectivity index (χ4v) is 3.09. The minimum atomic E-state index is -4.71. The van der Waals surface area contributed by atoms with Crippen molar-refractivity contribution in [2.45, 2.75) is 51.8 Å². The van der Waals surface area contributed by atoms with Crippen LogP contribution < -0.4 is 5.73 Å². The molecule has 0 amide bonds. The molecule has 0 aliphatic heterocycles. The second kappa shape index (κ2) is 10.7. The molecule has 0 unspecified atom stereocenters. The summed E-state index contributed by atoms with van der Waals surface area (Å²) < 4.78 is 72.6. The van der Waals surface area contributed by atoms with Crippen molar-refractivity contribution >= 4 is 6.02 Å². The maximum absolute atomic E-state index is 13.7. The predicted molar refractivity (Wildman–Crippen MR) is 113 cm³/mol. The molecular formula is C22H30F5N3O. The molecule has 0 spiro atoms. The first-order valence-corrected chi connectivity index (χ1v) is 9.72. The number of allylic oxidation sites excluding steroid dienone is 3. The maximum atomic E-state index is 13.7. The van der Waals surface area contributed by atoms with Gasteiger partial charge in [-0.15, -0.1) is 0 Å². The van der Waals surface area contributed by atoms with E-state index < -0.39 is 29.1 Å². The van der Waals surface area contributed by atoms with Crippen LogP contribution in [0.4, 0.5) is 22.0 Å². The van der Waals surface area contributed by atoms with E-state index in [1.807, 2.05) is 4.90 Å². The highest BCUT2D eigenvalue weighted by molar-refractivity contribution is 5.72. The Morgan fingerprint density at radius 1 is 1.16 bits per heavy atom. The third-order valence-corrected chi connectivity index (χ3v) is 4.48. The zero-order valence-corrected chi connectivity index (χ0v) is 18.4. The molecule has 4 nitrogen and oxygen atoms in total. The minimum Gasteiger partial charge on any atom is -0.461 e. The minimum absolute atomic E-state index is 0.0164. The lowest BCUT2D eigenvalue weighted by molar-refractivity contribution is -0.137. The van der Waals surface area contributed by atoms with Gasteiger partial charge in [-0.2, -0.15) is 13.2 Å². The highest BCUT2D eigenvalue weighted by Gasteiger charge is 2.35. The Hall–Kier alpha value is -2.42. The van der Waals surface area contributed by atoms with Crippen LogP contribution in [0.15, 0.2) is 47.6 Å².